The summed E-state index contributed by atoms with van der Waals surface area (Å²) in [7, 11) is 1.10. The maximum Gasteiger partial charge on any atom is 0.573 e. The molecule has 0 atom stereocenters. The van der Waals surface area contributed by atoms with Crippen LogP contribution < -0.4 is 4.74 Å². The normalized spacial score (nSPS) is 10.7. The fourth-order valence-corrected chi connectivity index (χ4v) is 1.34. The van der Waals surface area contributed by atoms with E-state index in [4.69, 9.17) is 5.26 Å². The van der Waals surface area contributed by atoms with Crippen LogP contribution in [0.2, 0.25) is 0 Å². The monoisotopic (exact) mass is 259 g/mol. The summed E-state index contributed by atoms with van der Waals surface area (Å²) in [5, 5.41) is 8.77. The molecule has 0 unspecified atom stereocenters. The molecule has 4 nitrogen and oxygen atoms in total. The first-order valence-electron chi connectivity index (χ1n) is 4.67. The minimum absolute atomic E-state index is 0.117. The number of rotatable bonds is 2. The lowest BCUT2D eigenvalue weighted by atomic mass is 10.0. The number of benzene rings is 1. The molecule has 0 amide bonds. The highest BCUT2D eigenvalue weighted by Gasteiger charge is 2.33. The number of alkyl halides is 3. The number of esters is 1. The lowest BCUT2D eigenvalue weighted by molar-refractivity contribution is -0.274. The number of nitrogens with zero attached hydrogens (tertiary/aromatic N) is 1. The Morgan fingerprint density at radius 3 is 2.44 bits per heavy atom. The highest BCUT2D eigenvalue weighted by Crippen LogP contribution is 2.29. The Bertz CT molecular complexity index is 517. The van der Waals surface area contributed by atoms with E-state index in [9.17, 15) is 18.0 Å². The van der Waals surface area contributed by atoms with Crippen LogP contribution in [0.1, 0.15) is 21.5 Å². The van der Waals surface area contributed by atoms with E-state index in [1.54, 1.807) is 6.07 Å². The number of hydrogen-bond acceptors (Lipinski definition) is 4. The molecule has 7 heteroatoms. The fraction of sp³-hybridized carbons (Fsp3) is 0.273. The SMILES string of the molecule is COC(=O)c1cc(C)c(C#N)c(OC(F)(F)F)c1. The third kappa shape index (κ3) is 3.13. The lowest BCUT2D eigenvalue weighted by Crippen LogP contribution is -2.18. The van der Waals surface area contributed by atoms with Gasteiger partial charge in [0, 0.05) is 0 Å². The Kier molecular flexibility index (Phi) is 3.81. The van der Waals surface area contributed by atoms with Crippen LogP contribution in [0.4, 0.5) is 13.2 Å². The molecule has 0 aliphatic rings. The van der Waals surface area contributed by atoms with Gasteiger partial charge >= 0.3 is 12.3 Å². The average Bonchev–Trinajstić information content (AvgIpc) is 2.25. The molecular weight excluding hydrogens is 251 g/mol. The van der Waals surface area contributed by atoms with E-state index in [-0.39, 0.29) is 16.7 Å². The van der Waals surface area contributed by atoms with Crippen LogP contribution in [0.25, 0.3) is 0 Å². The van der Waals surface area contributed by atoms with Gasteiger partial charge in [0.15, 0.2) is 0 Å². The van der Waals surface area contributed by atoms with Gasteiger partial charge in [0.25, 0.3) is 0 Å². The summed E-state index contributed by atoms with van der Waals surface area (Å²) < 4.78 is 44.6. The zero-order valence-corrected chi connectivity index (χ0v) is 9.46. The molecule has 0 bridgehead atoms. The molecular formula is C11H8F3NO3. The molecule has 1 aromatic carbocycles. The van der Waals surface area contributed by atoms with Crippen molar-refractivity contribution in [2.45, 2.75) is 13.3 Å². The van der Waals surface area contributed by atoms with E-state index < -0.39 is 18.1 Å². The molecule has 0 spiro atoms. The molecule has 1 aromatic rings. The second-order valence-corrected chi connectivity index (χ2v) is 3.32. The van der Waals surface area contributed by atoms with Crippen LogP contribution in [0.15, 0.2) is 12.1 Å². The number of halogens is 3. The Hall–Kier alpha value is -2.23. The second kappa shape index (κ2) is 4.96. The van der Waals surface area contributed by atoms with Gasteiger partial charge in [-0.05, 0) is 24.6 Å². The summed E-state index contributed by atoms with van der Waals surface area (Å²) in [5.74, 6) is -1.53. The van der Waals surface area contributed by atoms with Gasteiger partial charge in [-0.15, -0.1) is 13.2 Å². The molecule has 0 saturated carbocycles. The van der Waals surface area contributed by atoms with Crippen molar-refractivity contribution in [3.63, 3.8) is 0 Å². The van der Waals surface area contributed by atoms with Crippen LogP contribution in [-0.2, 0) is 4.74 Å². The minimum Gasteiger partial charge on any atom is -0.465 e. The van der Waals surface area contributed by atoms with E-state index in [1.165, 1.54) is 13.0 Å². The smallest absolute Gasteiger partial charge is 0.465 e. The number of carbonyl (C=O) groups excluding carboxylic acids is 1. The first-order chi connectivity index (χ1) is 8.28. The van der Waals surface area contributed by atoms with Crippen molar-refractivity contribution in [1.29, 1.82) is 5.26 Å². The van der Waals surface area contributed by atoms with Crippen molar-refractivity contribution >= 4 is 5.97 Å². The van der Waals surface area contributed by atoms with Crippen molar-refractivity contribution in [3.8, 4) is 11.8 Å². The molecule has 0 aliphatic carbocycles. The minimum atomic E-state index is -4.94. The quantitative estimate of drug-likeness (QED) is 0.766. The Balaban J connectivity index is 3.33. The number of methoxy groups -OCH3 is 1. The standard InChI is InChI=1S/C11H8F3NO3/c1-6-3-7(10(16)17-2)4-9(8(6)5-15)18-11(12,13)14/h3-4H,1-2H3. The molecule has 0 fully saturated rings. The number of hydrogen-bond donors (Lipinski definition) is 0. The Morgan fingerprint density at radius 1 is 1.39 bits per heavy atom. The molecule has 0 aromatic heterocycles. The van der Waals surface area contributed by atoms with Crippen LogP contribution >= 0.6 is 0 Å². The molecule has 18 heavy (non-hydrogen) atoms. The van der Waals surface area contributed by atoms with E-state index >= 15 is 0 Å². The summed E-state index contributed by atoms with van der Waals surface area (Å²) in [6.07, 6.45) is -4.94. The summed E-state index contributed by atoms with van der Waals surface area (Å²) in [5.41, 5.74) is -0.201. The summed E-state index contributed by atoms with van der Waals surface area (Å²) in [6, 6.07) is 3.68. The summed E-state index contributed by atoms with van der Waals surface area (Å²) in [4.78, 5) is 11.2. The van der Waals surface area contributed by atoms with Crippen molar-refractivity contribution < 1.29 is 27.4 Å². The Morgan fingerprint density at radius 2 is 2.00 bits per heavy atom. The van der Waals surface area contributed by atoms with Gasteiger partial charge in [-0.2, -0.15) is 5.26 Å². The zero-order chi connectivity index (χ0) is 13.9. The van der Waals surface area contributed by atoms with Crippen molar-refractivity contribution in [2.75, 3.05) is 7.11 Å². The van der Waals surface area contributed by atoms with E-state index in [0.717, 1.165) is 13.2 Å². The van der Waals surface area contributed by atoms with Crippen molar-refractivity contribution in [1.82, 2.24) is 0 Å². The van der Waals surface area contributed by atoms with Gasteiger partial charge in [0.1, 0.15) is 11.8 Å². The van der Waals surface area contributed by atoms with Crippen molar-refractivity contribution in [3.05, 3.63) is 28.8 Å². The van der Waals surface area contributed by atoms with Crippen LogP contribution in [0.3, 0.4) is 0 Å². The molecule has 1 rings (SSSR count). The lowest BCUT2D eigenvalue weighted by Gasteiger charge is -2.12. The first kappa shape index (κ1) is 13.8. The number of carbonyl (C=O) groups is 1. The van der Waals surface area contributed by atoms with Gasteiger partial charge in [0.2, 0.25) is 0 Å². The highest BCUT2D eigenvalue weighted by atomic mass is 19.4. The first-order valence-corrected chi connectivity index (χ1v) is 4.67. The highest BCUT2D eigenvalue weighted by molar-refractivity contribution is 5.90. The van der Waals surface area contributed by atoms with E-state index in [2.05, 4.69) is 9.47 Å². The number of aryl methyl sites for hydroxylation is 1. The van der Waals surface area contributed by atoms with Crippen LogP contribution in [0, 0.1) is 18.3 Å². The average molecular weight is 259 g/mol. The Labute approximate surface area is 101 Å². The van der Waals surface area contributed by atoms with E-state index in [0.29, 0.717) is 0 Å². The molecule has 0 aliphatic heterocycles. The molecule has 0 radical (unpaired) electrons. The third-order valence-electron chi connectivity index (χ3n) is 2.06. The van der Waals surface area contributed by atoms with Gasteiger partial charge in [-0.25, -0.2) is 4.79 Å². The van der Waals surface area contributed by atoms with Crippen LogP contribution in [0.5, 0.6) is 5.75 Å². The van der Waals surface area contributed by atoms with Gasteiger partial charge in [-0.3, -0.25) is 0 Å². The topological polar surface area (TPSA) is 59.3 Å². The summed E-state index contributed by atoms with van der Waals surface area (Å²) >= 11 is 0. The molecule has 0 N–H and O–H groups in total. The fourth-order valence-electron chi connectivity index (χ4n) is 1.34. The van der Waals surface area contributed by atoms with Gasteiger partial charge in [0.05, 0.1) is 18.2 Å². The van der Waals surface area contributed by atoms with E-state index in [1.807, 2.05) is 0 Å². The predicted molar refractivity (Wildman–Crippen MR) is 53.9 cm³/mol. The largest absolute Gasteiger partial charge is 0.573 e. The van der Waals surface area contributed by atoms with Crippen molar-refractivity contribution in [2.24, 2.45) is 0 Å². The second-order valence-electron chi connectivity index (χ2n) is 3.32. The molecule has 96 valence electrons. The molecule has 0 saturated heterocycles. The maximum absolute atomic E-state index is 12.2. The molecule has 0 heterocycles. The van der Waals surface area contributed by atoms with Gasteiger partial charge in [-0.1, -0.05) is 0 Å². The zero-order valence-electron chi connectivity index (χ0n) is 9.46. The predicted octanol–water partition coefficient (Wildman–Crippen LogP) is 2.55. The number of ether oxygens (including phenoxy) is 2. The third-order valence-corrected chi connectivity index (χ3v) is 2.06. The van der Waals surface area contributed by atoms with Crippen LogP contribution in [-0.4, -0.2) is 19.4 Å². The van der Waals surface area contributed by atoms with Gasteiger partial charge < -0.3 is 9.47 Å². The number of nitriles is 1. The maximum atomic E-state index is 12.2. The summed E-state index contributed by atoms with van der Waals surface area (Å²) in [6.45, 7) is 1.40.